The molecular weight excluding hydrogens is 305 g/mol. The quantitative estimate of drug-likeness (QED) is 0.346. The number of hydrogen-bond acceptors (Lipinski definition) is 3. The number of pyridine rings is 1. The molecule has 6 heteroatoms. The molecule has 0 aliphatic heterocycles. The molecule has 17 heavy (non-hydrogen) atoms. The van der Waals surface area contributed by atoms with Crippen LogP contribution in [0.2, 0.25) is 25.7 Å². The molecule has 0 atom stereocenters. The van der Waals surface area contributed by atoms with Crippen molar-refractivity contribution in [3.63, 3.8) is 0 Å². The topological polar surface area (TPSA) is 31.4 Å². The molecule has 0 amide bonds. The van der Waals surface area contributed by atoms with Crippen LogP contribution in [0, 0.1) is 5.82 Å². The van der Waals surface area contributed by atoms with Crippen molar-refractivity contribution in [1.29, 1.82) is 0 Å². The van der Waals surface area contributed by atoms with Crippen molar-refractivity contribution in [2.75, 3.05) is 13.4 Å². The molecule has 0 aliphatic carbocycles. The molecule has 1 heterocycles. The third-order valence-corrected chi connectivity index (χ3v) is 4.32. The Hall–Kier alpha value is -0.463. The second-order valence-electron chi connectivity index (χ2n) is 4.90. The summed E-state index contributed by atoms with van der Waals surface area (Å²) >= 11 is 2.99. The van der Waals surface area contributed by atoms with Crippen molar-refractivity contribution >= 4 is 24.0 Å². The predicted molar refractivity (Wildman–Crippen MR) is 71.5 cm³/mol. The molecule has 0 N–H and O–H groups in total. The SMILES string of the molecule is C[Si](C)(C)CCOCOc1ccc(F)c(Br)n1. The van der Waals surface area contributed by atoms with Crippen LogP contribution in [0.4, 0.5) is 4.39 Å². The van der Waals surface area contributed by atoms with Gasteiger partial charge in [0.25, 0.3) is 0 Å². The van der Waals surface area contributed by atoms with Gasteiger partial charge in [0.05, 0.1) is 0 Å². The van der Waals surface area contributed by atoms with E-state index in [-0.39, 0.29) is 11.4 Å². The molecule has 1 aromatic rings. The summed E-state index contributed by atoms with van der Waals surface area (Å²) in [5.74, 6) is -0.0525. The number of rotatable bonds is 6. The van der Waals surface area contributed by atoms with E-state index >= 15 is 0 Å². The lowest BCUT2D eigenvalue weighted by molar-refractivity contribution is 0.0191. The number of aromatic nitrogens is 1. The third kappa shape index (κ3) is 6.14. The lowest BCUT2D eigenvalue weighted by atomic mass is 10.5. The highest BCUT2D eigenvalue weighted by atomic mass is 79.9. The molecule has 0 fully saturated rings. The van der Waals surface area contributed by atoms with Gasteiger partial charge in [0, 0.05) is 20.7 Å². The Bertz CT molecular complexity index is 371. The van der Waals surface area contributed by atoms with Gasteiger partial charge in [-0.3, -0.25) is 0 Å². The highest BCUT2D eigenvalue weighted by Crippen LogP contribution is 2.16. The lowest BCUT2D eigenvalue weighted by Crippen LogP contribution is -2.22. The normalized spacial score (nSPS) is 11.6. The van der Waals surface area contributed by atoms with Gasteiger partial charge in [-0.15, -0.1) is 0 Å². The molecule has 96 valence electrons. The van der Waals surface area contributed by atoms with E-state index in [2.05, 4.69) is 40.6 Å². The summed E-state index contributed by atoms with van der Waals surface area (Å²) in [5, 5.41) is 0. The monoisotopic (exact) mass is 321 g/mol. The molecule has 0 saturated heterocycles. The summed E-state index contributed by atoms with van der Waals surface area (Å²) in [4.78, 5) is 3.87. The maximum absolute atomic E-state index is 12.9. The molecule has 0 saturated carbocycles. The van der Waals surface area contributed by atoms with Gasteiger partial charge in [0.1, 0.15) is 4.60 Å². The fourth-order valence-electron chi connectivity index (χ4n) is 1.02. The van der Waals surface area contributed by atoms with Crippen LogP contribution in [0.1, 0.15) is 0 Å². The van der Waals surface area contributed by atoms with E-state index in [4.69, 9.17) is 9.47 Å². The third-order valence-electron chi connectivity index (χ3n) is 2.06. The van der Waals surface area contributed by atoms with Gasteiger partial charge in [-0.25, -0.2) is 9.37 Å². The summed E-state index contributed by atoms with van der Waals surface area (Å²) < 4.78 is 23.6. The first-order valence-corrected chi connectivity index (χ1v) is 9.91. The van der Waals surface area contributed by atoms with E-state index < -0.39 is 13.9 Å². The van der Waals surface area contributed by atoms with Crippen molar-refractivity contribution in [2.24, 2.45) is 0 Å². The minimum atomic E-state index is -1.06. The highest BCUT2D eigenvalue weighted by Gasteiger charge is 2.12. The largest absolute Gasteiger partial charge is 0.451 e. The number of hydrogen-bond donors (Lipinski definition) is 0. The van der Waals surface area contributed by atoms with E-state index in [1.807, 2.05) is 0 Å². The Labute approximate surface area is 110 Å². The number of ether oxygens (including phenoxy) is 2. The lowest BCUT2D eigenvalue weighted by Gasteiger charge is -2.15. The van der Waals surface area contributed by atoms with Crippen molar-refractivity contribution < 1.29 is 13.9 Å². The Morgan fingerprint density at radius 3 is 2.65 bits per heavy atom. The summed E-state index contributed by atoms with van der Waals surface area (Å²) in [5.41, 5.74) is 0. The van der Waals surface area contributed by atoms with Crippen LogP contribution in [-0.2, 0) is 4.74 Å². The van der Waals surface area contributed by atoms with Gasteiger partial charge in [0.15, 0.2) is 12.6 Å². The summed E-state index contributed by atoms with van der Waals surface area (Å²) in [6, 6.07) is 3.87. The zero-order chi connectivity index (χ0) is 12.9. The first-order chi connectivity index (χ1) is 7.88. The Kier molecular flexibility index (Phi) is 5.55. The molecule has 1 aromatic heterocycles. The molecule has 3 nitrogen and oxygen atoms in total. The number of halogens is 2. The fourth-order valence-corrected chi connectivity index (χ4v) is 2.08. The van der Waals surface area contributed by atoms with Crippen LogP contribution >= 0.6 is 15.9 Å². The smallest absolute Gasteiger partial charge is 0.216 e. The molecule has 0 spiro atoms. The molecule has 0 bridgehead atoms. The predicted octanol–water partition coefficient (Wildman–Crippen LogP) is 3.67. The highest BCUT2D eigenvalue weighted by molar-refractivity contribution is 9.10. The van der Waals surface area contributed by atoms with Gasteiger partial charge in [-0.2, -0.15) is 0 Å². The van der Waals surface area contributed by atoms with Crippen LogP contribution in [0.25, 0.3) is 0 Å². The van der Waals surface area contributed by atoms with Crippen molar-refractivity contribution in [2.45, 2.75) is 25.7 Å². The molecule has 1 rings (SSSR count). The van der Waals surface area contributed by atoms with Crippen LogP contribution < -0.4 is 4.74 Å². The molecule has 0 aliphatic rings. The zero-order valence-corrected chi connectivity index (χ0v) is 12.9. The average molecular weight is 322 g/mol. The molecular formula is C11H17BrFNO2Si. The first kappa shape index (κ1) is 14.6. The second-order valence-corrected chi connectivity index (χ2v) is 11.3. The molecule has 0 radical (unpaired) electrons. The maximum Gasteiger partial charge on any atom is 0.216 e. The van der Waals surface area contributed by atoms with Crippen molar-refractivity contribution in [1.82, 2.24) is 4.98 Å². The van der Waals surface area contributed by atoms with Gasteiger partial charge in [-0.05, 0) is 28.0 Å². The molecule has 0 aromatic carbocycles. The van der Waals surface area contributed by atoms with E-state index in [1.165, 1.54) is 12.1 Å². The van der Waals surface area contributed by atoms with Gasteiger partial charge < -0.3 is 9.47 Å². The van der Waals surface area contributed by atoms with Gasteiger partial charge in [0.2, 0.25) is 5.88 Å². The van der Waals surface area contributed by atoms with Crippen molar-refractivity contribution in [3.05, 3.63) is 22.6 Å². The van der Waals surface area contributed by atoms with Crippen LogP contribution in [0.15, 0.2) is 16.7 Å². The Morgan fingerprint density at radius 2 is 2.06 bits per heavy atom. The van der Waals surface area contributed by atoms with E-state index in [0.717, 1.165) is 6.04 Å². The summed E-state index contributed by atoms with van der Waals surface area (Å²) in [7, 11) is -1.06. The first-order valence-electron chi connectivity index (χ1n) is 5.41. The maximum atomic E-state index is 12.9. The zero-order valence-electron chi connectivity index (χ0n) is 10.3. The average Bonchev–Trinajstić information content (AvgIpc) is 2.21. The van der Waals surface area contributed by atoms with Crippen molar-refractivity contribution in [3.8, 4) is 5.88 Å². The van der Waals surface area contributed by atoms with Gasteiger partial charge in [-0.1, -0.05) is 19.6 Å². The van der Waals surface area contributed by atoms with Crippen LogP contribution in [-0.4, -0.2) is 26.5 Å². The molecule has 0 unspecified atom stereocenters. The Morgan fingerprint density at radius 1 is 1.35 bits per heavy atom. The van der Waals surface area contributed by atoms with Crippen LogP contribution in [0.5, 0.6) is 5.88 Å². The van der Waals surface area contributed by atoms with E-state index in [9.17, 15) is 4.39 Å². The van der Waals surface area contributed by atoms with Crippen LogP contribution in [0.3, 0.4) is 0 Å². The van der Waals surface area contributed by atoms with Gasteiger partial charge >= 0.3 is 0 Å². The summed E-state index contributed by atoms with van der Waals surface area (Å²) in [6.07, 6.45) is 0. The summed E-state index contributed by atoms with van der Waals surface area (Å²) in [6.45, 7) is 7.70. The number of nitrogens with zero attached hydrogens (tertiary/aromatic N) is 1. The van der Waals surface area contributed by atoms with E-state index in [1.54, 1.807) is 0 Å². The standard InChI is InChI=1S/C11H17BrFNO2Si/c1-17(2,3)7-6-15-8-16-10-5-4-9(13)11(12)14-10/h4-5H,6-8H2,1-3H3. The second kappa shape index (κ2) is 6.46. The minimum absolute atomic E-state index is 0.148. The Balaban J connectivity index is 2.25. The minimum Gasteiger partial charge on any atom is -0.451 e. The van der Waals surface area contributed by atoms with E-state index in [0.29, 0.717) is 12.5 Å². The fraction of sp³-hybridized carbons (Fsp3) is 0.545.